The number of ether oxygens (including phenoxy) is 4. The monoisotopic (exact) mass is 248 g/mol. The molecule has 0 spiro atoms. The Hall–Kier alpha value is -1.14. The summed E-state index contributed by atoms with van der Waals surface area (Å²) in [7, 11) is 0. The van der Waals surface area contributed by atoms with Crippen LogP contribution in [-0.4, -0.2) is 45.2 Å². The van der Waals surface area contributed by atoms with E-state index >= 15 is 0 Å². The van der Waals surface area contributed by atoms with Gasteiger partial charge in [0.05, 0.1) is 26.4 Å². The van der Waals surface area contributed by atoms with E-state index in [4.69, 9.17) is 18.9 Å². The molecule has 0 aromatic carbocycles. The van der Waals surface area contributed by atoms with Crippen LogP contribution in [-0.2, 0) is 28.5 Å². The minimum atomic E-state index is -0.285. The fraction of sp³-hybridized carbons (Fsp3) is 0.818. The van der Waals surface area contributed by atoms with E-state index in [0.717, 1.165) is 0 Å². The molecule has 0 aliphatic heterocycles. The van der Waals surface area contributed by atoms with E-state index in [1.54, 1.807) is 0 Å². The van der Waals surface area contributed by atoms with Crippen LogP contribution in [0.3, 0.4) is 0 Å². The molecule has 0 amide bonds. The zero-order valence-corrected chi connectivity index (χ0v) is 10.4. The van der Waals surface area contributed by atoms with Crippen LogP contribution in [0.2, 0.25) is 0 Å². The second kappa shape index (κ2) is 11.3. The molecule has 0 atom stereocenters. The van der Waals surface area contributed by atoms with E-state index < -0.39 is 0 Å². The molecule has 0 aromatic heterocycles. The van der Waals surface area contributed by atoms with Crippen molar-refractivity contribution in [1.82, 2.24) is 0 Å². The largest absolute Gasteiger partial charge is 0.466 e. The summed E-state index contributed by atoms with van der Waals surface area (Å²) in [5, 5.41) is 0. The zero-order chi connectivity index (χ0) is 12.9. The van der Waals surface area contributed by atoms with Gasteiger partial charge in [0.1, 0.15) is 6.79 Å². The lowest BCUT2D eigenvalue weighted by Gasteiger charge is -2.06. The Bertz CT molecular complexity index is 194. The lowest BCUT2D eigenvalue weighted by Crippen LogP contribution is -2.08. The second-order valence-electron chi connectivity index (χ2n) is 3.32. The highest BCUT2D eigenvalue weighted by atomic mass is 16.7. The normalized spacial score (nSPS) is 10.0. The third-order valence-electron chi connectivity index (χ3n) is 1.64. The number of esters is 2. The molecular weight excluding hydrogens is 228 g/mol. The van der Waals surface area contributed by atoms with Crippen molar-refractivity contribution in [3.63, 3.8) is 0 Å². The van der Waals surface area contributed by atoms with E-state index in [0.29, 0.717) is 39.3 Å². The Morgan fingerprint density at radius 1 is 0.765 bits per heavy atom. The molecule has 6 nitrogen and oxygen atoms in total. The predicted molar refractivity (Wildman–Crippen MR) is 59.3 cm³/mol. The third kappa shape index (κ3) is 14.9. The number of rotatable bonds is 10. The van der Waals surface area contributed by atoms with Crippen LogP contribution < -0.4 is 0 Å². The van der Waals surface area contributed by atoms with Gasteiger partial charge in [0, 0.05) is 26.7 Å². The topological polar surface area (TPSA) is 71.1 Å². The van der Waals surface area contributed by atoms with Crippen molar-refractivity contribution in [3.8, 4) is 0 Å². The molecule has 0 saturated carbocycles. The number of carbonyl (C=O) groups excluding carboxylic acids is 2. The third-order valence-corrected chi connectivity index (χ3v) is 1.64. The van der Waals surface area contributed by atoms with Crippen LogP contribution in [0.4, 0.5) is 0 Å². The van der Waals surface area contributed by atoms with Crippen molar-refractivity contribution in [2.45, 2.75) is 26.7 Å². The fourth-order valence-electron chi connectivity index (χ4n) is 0.931. The molecule has 0 radical (unpaired) electrons. The van der Waals surface area contributed by atoms with Crippen LogP contribution in [0.15, 0.2) is 0 Å². The smallest absolute Gasteiger partial charge is 0.302 e. The lowest BCUT2D eigenvalue weighted by atomic mass is 10.5. The van der Waals surface area contributed by atoms with Gasteiger partial charge in [-0.1, -0.05) is 0 Å². The van der Waals surface area contributed by atoms with E-state index in [-0.39, 0.29) is 18.7 Å². The van der Waals surface area contributed by atoms with Crippen molar-refractivity contribution in [3.05, 3.63) is 0 Å². The molecule has 6 heteroatoms. The highest BCUT2D eigenvalue weighted by molar-refractivity contribution is 5.66. The summed E-state index contributed by atoms with van der Waals surface area (Å²) >= 11 is 0. The van der Waals surface area contributed by atoms with Gasteiger partial charge in [-0.3, -0.25) is 9.59 Å². The molecule has 0 aromatic rings. The summed E-state index contributed by atoms with van der Waals surface area (Å²) in [5.41, 5.74) is 0. The Balaban J connectivity index is 2.98. The van der Waals surface area contributed by atoms with Crippen molar-refractivity contribution in [2.75, 3.05) is 33.2 Å². The highest BCUT2D eigenvalue weighted by Gasteiger charge is 1.95. The van der Waals surface area contributed by atoms with Crippen LogP contribution >= 0.6 is 0 Å². The van der Waals surface area contributed by atoms with Crippen molar-refractivity contribution < 1.29 is 28.5 Å². The Labute approximate surface area is 101 Å². The predicted octanol–water partition coefficient (Wildman–Crippen LogP) is 0.884. The van der Waals surface area contributed by atoms with Crippen LogP contribution in [0, 0.1) is 0 Å². The SMILES string of the molecule is CC(=O)OCCCOCOCCCOC(C)=O. The summed E-state index contributed by atoms with van der Waals surface area (Å²) in [6, 6.07) is 0. The molecule has 100 valence electrons. The number of hydrogen-bond acceptors (Lipinski definition) is 6. The van der Waals surface area contributed by atoms with Gasteiger partial charge in [0.2, 0.25) is 0 Å². The summed E-state index contributed by atoms with van der Waals surface area (Å²) in [4.78, 5) is 20.8. The van der Waals surface area contributed by atoms with Gasteiger partial charge in [-0.15, -0.1) is 0 Å². The summed E-state index contributed by atoms with van der Waals surface area (Å²) in [6.07, 6.45) is 1.30. The molecule has 0 N–H and O–H groups in total. The molecule has 0 rings (SSSR count). The van der Waals surface area contributed by atoms with E-state index in [9.17, 15) is 9.59 Å². The van der Waals surface area contributed by atoms with Crippen LogP contribution in [0.1, 0.15) is 26.7 Å². The Kier molecular flexibility index (Phi) is 10.6. The van der Waals surface area contributed by atoms with Gasteiger partial charge in [0.25, 0.3) is 0 Å². The average Bonchev–Trinajstić information content (AvgIpc) is 2.25. The Morgan fingerprint density at radius 3 is 1.53 bits per heavy atom. The van der Waals surface area contributed by atoms with Crippen molar-refractivity contribution in [1.29, 1.82) is 0 Å². The minimum absolute atomic E-state index is 0.195. The molecular formula is C11H20O6. The molecule has 0 unspecified atom stereocenters. The summed E-state index contributed by atoms with van der Waals surface area (Å²) in [5.74, 6) is -0.571. The average molecular weight is 248 g/mol. The van der Waals surface area contributed by atoms with Gasteiger partial charge in [-0.05, 0) is 0 Å². The van der Waals surface area contributed by atoms with E-state index in [2.05, 4.69) is 0 Å². The first-order valence-electron chi connectivity index (χ1n) is 5.55. The first kappa shape index (κ1) is 15.9. The second-order valence-corrected chi connectivity index (χ2v) is 3.32. The van der Waals surface area contributed by atoms with Crippen molar-refractivity contribution >= 4 is 11.9 Å². The maximum absolute atomic E-state index is 10.4. The van der Waals surface area contributed by atoms with Gasteiger partial charge in [-0.25, -0.2) is 0 Å². The molecule has 0 bridgehead atoms. The van der Waals surface area contributed by atoms with Crippen LogP contribution in [0.5, 0.6) is 0 Å². The molecule has 0 fully saturated rings. The maximum atomic E-state index is 10.4. The lowest BCUT2D eigenvalue weighted by molar-refractivity contribution is -0.142. The fourth-order valence-corrected chi connectivity index (χ4v) is 0.931. The first-order chi connectivity index (χ1) is 8.13. The first-order valence-corrected chi connectivity index (χ1v) is 5.55. The van der Waals surface area contributed by atoms with E-state index in [1.807, 2.05) is 0 Å². The molecule has 0 aliphatic carbocycles. The number of hydrogen-bond donors (Lipinski definition) is 0. The van der Waals surface area contributed by atoms with Gasteiger partial charge < -0.3 is 18.9 Å². The van der Waals surface area contributed by atoms with Gasteiger partial charge >= 0.3 is 11.9 Å². The minimum Gasteiger partial charge on any atom is -0.466 e. The van der Waals surface area contributed by atoms with Gasteiger partial charge in [0.15, 0.2) is 0 Å². The molecule has 0 aliphatic rings. The number of carbonyl (C=O) groups is 2. The molecule has 0 saturated heterocycles. The molecule has 0 heterocycles. The quantitative estimate of drug-likeness (QED) is 0.325. The molecule has 17 heavy (non-hydrogen) atoms. The summed E-state index contributed by atoms with van der Waals surface area (Å²) in [6.45, 7) is 4.62. The van der Waals surface area contributed by atoms with Crippen LogP contribution in [0.25, 0.3) is 0 Å². The van der Waals surface area contributed by atoms with E-state index in [1.165, 1.54) is 13.8 Å². The standard InChI is InChI=1S/C11H20O6/c1-10(12)16-7-3-5-14-9-15-6-4-8-17-11(2)13/h3-9H2,1-2H3. The van der Waals surface area contributed by atoms with Gasteiger partial charge in [-0.2, -0.15) is 0 Å². The van der Waals surface area contributed by atoms with Crippen molar-refractivity contribution in [2.24, 2.45) is 0 Å². The summed E-state index contributed by atoms with van der Waals surface area (Å²) < 4.78 is 19.7. The maximum Gasteiger partial charge on any atom is 0.302 e. The highest BCUT2D eigenvalue weighted by Crippen LogP contribution is 1.89. The Morgan fingerprint density at radius 2 is 1.18 bits per heavy atom. The zero-order valence-electron chi connectivity index (χ0n) is 10.4.